The third kappa shape index (κ3) is 3.35. The molecule has 134 valence electrons. The van der Waals surface area contributed by atoms with Crippen LogP contribution in [0.25, 0.3) is 10.2 Å². The second-order valence-corrected chi connectivity index (χ2v) is 8.80. The van der Waals surface area contributed by atoms with Crippen LogP contribution in [0.3, 0.4) is 0 Å². The van der Waals surface area contributed by atoms with Gasteiger partial charge in [0.15, 0.2) is 0 Å². The highest BCUT2D eigenvalue weighted by atomic mass is 32.2. The average Bonchev–Trinajstić information content (AvgIpc) is 3.05. The lowest BCUT2D eigenvalue weighted by Crippen LogP contribution is -2.21. The summed E-state index contributed by atoms with van der Waals surface area (Å²) < 4.78 is 0. The maximum atomic E-state index is 12.0. The predicted octanol–water partition coefficient (Wildman–Crippen LogP) is 4.56. The van der Waals surface area contributed by atoms with Gasteiger partial charge in [-0.05, 0) is 48.9 Å². The van der Waals surface area contributed by atoms with Crippen LogP contribution in [0.1, 0.15) is 39.2 Å². The van der Waals surface area contributed by atoms with Crippen molar-refractivity contribution in [2.75, 3.05) is 14.1 Å². The van der Waals surface area contributed by atoms with Crippen LogP contribution in [-0.2, 0) is 18.6 Å². The lowest BCUT2D eigenvalue weighted by Gasteiger charge is -2.12. The molecule has 1 aromatic carbocycles. The number of hydrogen-bond donors (Lipinski definition) is 0. The first-order chi connectivity index (χ1) is 12.6. The second-order valence-electron chi connectivity index (χ2n) is 6.76. The van der Waals surface area contributed by atoms with Crippen molar-refractivity contribution in [2.24, 2.45) is 0 Å². The fourth-order valence-corrected chi connectivity index (χ4v) is 5.60. The molecule has 0 fully saturated rings. The summed E-state index contributed by atoms with van der Waals surface area (Å²) in [6, 6.07) is 7.87. The SMILES string of the molecule is CN(C)C(=O)c1ccc(CSc2ncnc3sc4c(c23)CCCC4)cc1. The van der Waals surface area contributed by atoms with Crippen LogP contribution in [0.4, 0.5) is 0 Å². The van der Waals surface area contributed by atoms with Crippen LogP contribution in [0, 0.1) is 0 Å². The fraction of sp³-hybridized carbons (Fsp3) is 0.350. The zero-order valence-corrected chi connectivity index (χ0v) is 16.6. The highest BCUT2D eigenvalue weighted by molar-refractivity contribution is 7.98. The van der Waals surface area contributed by atoms with Gasteiger partial charge in [-0.1, -0.05) is 12.1 Å². The van der Waals surface area contributed by atoms with Crippen molar-refractivity contribution in [3.05, 3.63) is 52.2 Å². The Morgan fingerprint density at radius 2 is 1.92 bits per heavy atom. The van der Waals surface area contributed by atoms with Gasteiger partial charge in [0.1, 0.15) is 16.2 Å². The van der Waals surface area contributed by atoms with Crippen LogP contribution < -0.4 is 0 Å². The number of thiophene rings is 1. The number of nitrogens with zero attached hydrogens (tertiary/aromatic N) is 3. The fourth-order valence-electron chi connectivity index (χ4n) is 3.32. The molecule has 3 aromatic rings. The molecule has 0 saturated carbocycles. The third-order valence-electron chi connectivity index (χ3n) is 4.70. The first-order valence-electron chi connectivity index (χ1n) is 8.82. The van der Waals surface area contributed by atoms with E-state index < -0.39 is 0 Å². The van der Waals surface area contributed by atoms with E-state index in [1.54, 1.807) is 37.1 Å². The Morgan fingerprint density at radius 3 is 2.69 bits per heavy atom. The van der Waals surface area contributed by atoms with Crippen molar-refractivity contribution in [1.82, 2.24) is 14.9 Å². The van der Waals surface area contributed by atoms with Crippen molar-refractivity contribution >= 4 is 39.2 Å². The van der Waals surface area contributed by atoms with E-state index in [-0.39, 0.29) is 5.91 Å². The third-order valence-corrected chi connectivity index (χ3v) is 6.96. The molecule has 0 atom stereocenters. The number of aryl methyl sites for hydroxylation is 2. The summed E-state index contributed by atoms with van der Waals surface area (Å²) in [6.07, 6.45) is 6.57. The molecule has 2 heterocycles. The number of hydrogen-bond acceptors (Lipinski definition) is 5. The smallest absolute Gasteiger partial charge is 0.253 e. The Morgan fingerprint density at radius 1 is 1.15 bits per heavy atom. The molecule has 26 heavy (non-hydrogen) atoms. The Bertz CT molecular complexity index is 948. The van der Waals surface area contributed by atoms with Gasteiger partial charge in [0.05, 0.1) is 0 Å². The normalized spacial score (nSPS) is 13.6. The summed E-state index contributed by atoms with van der Waals surface area (Å²) in [5.41, 5.74) is 3.40. The molecule has 0 bridgehead atoms. The largest absolute Gasteiger partial charge is 0.345 e. The number of fused-ring (bicyclic) bond motifs is 3. The van der Waals surface area contributed by atoms with E-state index in [1.165, 1.54) is 40.7 Å². The van der Waals surface area contributed by atoms with Crippen molar-refractivity contribution in [1.29, 1.82) is 0 Å². The van der Waals surface area contributed by atoms with E-state index in [4.69, 9.17) is 0 Å². The topological polar surface area (TPSA) is 46.1 Å². The predicted molar refractivity (Wildman–Crippen MR) is 108 cm³/mol. The quantitative estimate of drug-likeness (QED) is 0.489. The van der Waals surface area contributed by atoms with Crippen LogP contribution in [0.15, 0.2) is 35.6 Å². The lowest BCUT2D eigenvalue weighted by molar-refractivity contribution is 0.0827. The zero-order valence-electron chi connectivity index (χ0n) is 15.0. The van der Waals surface area contributed by atoms with Gasteiger partial charge >= 0.3 is 0 Å². The van der Waals surface area contributed by atoms with Crippen LogP contribution in [0.2, 0.25) is 0 Å². The molecule has 4 nitrogen and oxygen atoms in total. The first-order valence-corrected chi connectivity index (χ1v) is 10.6. The summed E-state index contributed by atoms with van der Waals surface area (Å²) in [7, 11) is 3.54. The van der Waals surface area contributed by atoms with E-state index in [0.717, 1.165) is 27.6 Å². The van der Waals surface area contributed by atoms with Crippen molar-refractivity contribution < 1.29 is 4.79 Å². The summed E-state index contributed by atoms with van der Waals surface area (Å²) in [6.45, 7) is 0. The lowest BCUT2D eigenvalue weighted by atomic mass is 9.97. The minimum Gasteiger partial charge on any atom is -0.345 e. The molecule has 0 unspecified atom stereocenters. The van der Waals surface area contributed by atoms with Gasteiger partial charge in [-0.2, -0.15) is 0 Å². The number of carbonyl (C=O) groups is 1. The maximum absolute atomic E-state index is 12.0. The molecule has 0 saturated heterocycles. The number of benzene rings is 1. The molecule has 2 aromatic heterocycles. The average molecular weight is 384 g/mol. The summed E-state index contributed by atoms with van der Waals surface area (Å²) in [5, 5.41) is 2.36. The van der Waals surface area contributed by atoms with Gasteiger partial charge in [0.2, 0.25) is 0 Å². The van der Waals surface area contributed by atoms with E-state index in [0.29, 0.717) is 0 Å². The van der Waals surface area contributed by atoms with Crippen LogP contribution >= 0.6 is 23.1 Å². The number of aromatic nitrogens is 2. The van der Waals surface area contributed by atoms with Gasteiger partial charge in [-0.3, -0.25) is 4.79 Å². The van der Waals surface area contributed by atoms with Crippen LogP contribution in [0.5, 0.6) is 0 Å². The van der Waals surface area contributed by atoms with Gasteiger partial charge < -0.3 is 4.90 Å². The standard InChI is InChI=1S/C20H21N3OS2/c1-23(2)20(24)14-9-7-13(8-10-14)11-25-18-17-15-5-3-4-6-16(15)26-19(17)22-12-21-18/h7-10,12H,3-6,11H2,1-2H3. The summed E-state index contributed by atoms with van der Waals surface area (Å²) in [4.78, 5) is 25.3. The molecule has 0 spiro atoms. The number of thioether (sulfide) groups is 1. The second kappa shape index (κ2) is 7.37. The van der Waals surface area contributed by atoms with E-state index in [1.807, 2.05) is 35.6 Å². The first kappa shape index (κ1) is 17.5. The van der Waals surface area contributed by atoms with Gasteiger partial charge in [0.25, 0.3) is 5.91 Å². The van der Waals surface area contributed by atoms with E-state index in [9.17, 15) is 4.79 Å². The molecule has 0 aliphatic heterocycles. The number of carbonyl (C=O) groups excluding carboxylic acids is 1. The number of rotatable bonds is 4. The molecule has 1 aliphatic carbocycles. The summed E-state index contributed by atoms with van der Waals surface area (Å²) >= 11 is 3.60. The molecular weight excluding hydrogens is 362 g/mol. The maximum Gasteiger partial charge on any atom is 0.253 e. The van der Waals surface area contributed by atoms with Crippen molar-refractivity contribution in [3.63, 3.8) is 0 Å². The Balaban J connectivity index is 1.55. The molecule has 6 heteroatoms. The number of amides is 1. The molecule has 0 N–H and O–H groups in total. The molecule has 4 rings (SSSR count). The molecular formula is C20H21N3OS2. The van der Waals surface area contributed by atoms with E-state index >= 15 is 0 Å². The van der Waals surface area contributed by atoms with Crippen molar-refractivity contribution in [2.45, 2.75) is 36.5 Å². The molecule has 1 amide bonds. The monoisotopic (exact) mass is 383 g/mol. The molecule has 1 aliphatic rings. The Hall–Kier alpha value is -1.92. The highest BCUT2D eigenvalue weighted by Gasteiger charge is 2.20. The highest BCUT2D eigenvalue weighted by Crippen LogP contribution is 2.39. The van der Waals surface area contributed by atoms with Gasteiger partial charge in [-0.15, -0.1) is 23.1 Å². The minimum atomic E-state index is 0.0339. The van der Waals surface area contributed by atoms with E-state index in [2.05, 4.69) is 9.97 Å². The van der Waals surface area contributed by atoms with Gasteiger partial charge in [0, 0.05) is 35.7 Å². The Labute approximate surface area is 161 Å². The van der Waals surface area contributed by atoms with Crippen molar-refractivity contribution in [3.8, 4) is 0 Å². The summed E-state index contributed by atoms with van der Waals surface area (Å²) in [5.74, 6) is 0.874. The Kier molecular flexibility index (Phi) is 4.96. The molecule has 0 radical (unpaired) electrons. The minimum absolute atomic E-state index is 0.0339. The van der Waals surface area contributed by atoms with Gasteiger partial charge in [-0.25, -0.2) is 9.97 Å². The van der Waals surface area contributed by atoms with Crippen LogP contribution in [-0.4, -0.2) is 34.9 Å². The zero-order chi connectivity index (χ0) is 18.1.